The first-order valence-corrected chi connectivity index (χ1v) is 9.59. The molecule has 0 saturated carbocycles. The number of nitrogens with zero attached hydrogens (tertiary/aromatic N) is 4. The van der Waals surface area contributed by atoms with Gasteiger partial charge in [-0.3, -0.25) is 9.59 Å². The monoisotopic (exact) mass is 417 g/mol. The molecule has 1 aromatic carbocycles. The highest BCUT2D eigenvalue weighted by Crippen LogP contribution is 2.31. The molecule has 8 heteroatoms. The number of pyridine rings is 2. The first kappa shape index (κ1) is 19.6. The summed E-state index contributed by atoms with van der Waals surface area (Å²) < 4.78 is 1.51. The third-order valence-corrected chi connectivity index (χ3v) is 4.95. The molecule has 4 rings (SSSR count). The van der Waals surface area contributed by atoms with Crippen molar-refractivity contribution in [3.8, 4) is 28.6 Å². The Kier molecular flexibility index (Phi) is 4.94. The van der Waals surface area contributed by atoms with Crippen LogP contribution in [0, 0.1) is 11.3 Å². The molecule has 3 aromatic heterocycles. The third kappa shape index (κ3) is 3.38. The van der Waals surface area contributed by atoms with Gasteiger partial charge in [-0.25, -0.2) is 9.97 Å². The molecular formula is C22H16ClN5O2. The Bertz CT molecular complexity index is 1450. The van der Waals surface area contributed by atoms with E-state index in [4.69, 9.17) is 11.6 Å². The van der Waals surface area contributed by atoms with Crippen LogP contribution < -0.4 is 11.0 Å². The van der Waals surface area contributed by atoms with E-state index in [2.05, 4.69) is 21.0 Å². The minimum atomic E-state index is -0.310. The molecule has 0 aliphatic carbocycles. The Labute approximate surface area is 176 Å². The van der Waals surface area contributed by atoms with E-state index in [1.54, 1.807) is 30.5 Å². The van der Waals surface area contributed by atoms with E-state index in [1.165, 1.54) is 22.9 Å². The summed E-state index contributed by atoms with van der Waals surface area (Å²) in [4.78, 5) is 36.9. The summed E-state index contributed by atoms with van der Waals surface area (Å²) in [6.07, 6.45) is 3.16. The second kappa shape index (κ2) is 7.58. The second-order valence-corrected chi connectivity index (χ2v) is 7.44. The molecule has 3 heterocycles. The van der Waals surface area contributed by atoms with E-state index >= 15 is 0 Å². The quantitative estimate of drug-likeness (QED) is 0.544. The third-order valence-electron chi connectivity index (χ3n) is 4.68. The highest BCUT2D eigenvalue weighted by atomic mass is 35.5. The Morgan fingerprint density at radius 1 is 1.10 bits per heavy atom. The van der Waals surface area contributed by atoms with Crippen molar-refractivity contribution in [3.05, 3.63) is 80.0 Å². The Balaban J connectivity index is 2.10. The van der Waals surface area contributed by atoms with Gasteiger partial charge in [0.25, 0.3) is 5.56 Å². The van der Waals surface area contributed by atoms with Crippen molar-refractivity contribution >= 4 is 22.8 Å². The van der Waals surface area contributed by atoms with Crippen molar-refractivity contribution in [1.82, 2.24) is 19.5 Å². The molecule has 0 fully saturated rings. The lowest BCUT2D eigenvalue weighted by Crippen LogP contribution is -2.22. The molecule has 0 saturated heterocycles. The number of hydrogen-bond acceptors (Lipinski definition) is 5. The topological polar surface area (TPSA) is 104 Å². The number of hydrogen-bond donors (Lipinski definition) is 1. The van der Waals surface area contributed by atoms with Gasteiger partial charge in [0.1, 0.15) is 5.02 Å². The molecule has 7 nitrogen and oxygen atoms in total. The van der Waals surface area contributed by atoms with Gasteiger partial charge >= 0.3 is 0 Å². The van der Waals surface area contributed by atoms with Crippen LogP contribution in [-0.2, 0) is 0 Å². The van der Waals surface area contributed by atoms with Crippen molar-refractivity contribution in [3.63, 3.8) is 0 Å². The maximum Gasteiger partial charge on any atom is 0.269 e. The molecule has 0 unspecified atom stereocenters. The number of aromatic amines is 1. The molecule has 0 spiro atoms. The zero-order valence-electron chi connectivity index (χ0n) is 16.2. The van der Waals surface area contributed by atoms with E-state index in [-0.39, 0.29) is 27.6 Å². The van der Waals surface area contributed by atoms with Crippen LogP contribution in [0.5, 0.6) is 0 Å². The Hall–Kier alpha value is -3.76. The summed E-state index contributed by atoms with van der Waals surface area (Å²) in [6.45, 7) is 3.74. The van der Waals surface area contributed by atoms with E-state index in [1.807, 2.05) is 13.8 Å². The number of fused-ring (bicyclic) bond motifs is 1. The van der Waals surface area contributed by atoms with Gasteiger partial charge in [-0.2, -0.15) is 5.26 Å². The van der Waals surface area contributed by atoms with E-state index in [0.717, 1.165) is 0 Å². The lowest BCUT2D eigenvalue weighted by atomic mass is 10.0. The highest BCUT2D eigenvalue weighted by molar-refractivity contribution is 6.30. The van der Waals surface area contributed by atoms with Crippen LogP contribution in [0.3, 0.4) is 0 Å². The summed E-state index contributed by atoms with van der Waals surface area (Å²) >= 11 is 6.22. The normalized spacial score (nSPS) is 11.0. The maximum absolute atomic E-state index is 12.4. The largest absolute Gasteiger partial charge is 0.345 e. The van der Waals surface area contributed by atoms with Gasteiger partial charge in [-0.15, -0.1) is 0 Å². The summed E-state index contributed by atoms with van der Waals surface area (Å²) in [6, 6.07) is 11.8. The zero-order chi connectivity index (χ0) is 21.4. The summed E-state index contributed by atoms with van der Waals surface area (Å²) in [5.41, 5.74) is 2.43. The molecule has 0 amide bonds. The van der Waals surface area contributed by atoms with Gasteiger partial charge in [0.05, 0.1) is 23.0 Å². The Morgan fingerprint density at radius 3 is 2.60 bits per heavy atom. The van der Waals surface area contributed by atoms with Crippen molar-refractivity contribution in [2.75, 3.05) is 0 Å². The highest BCUT2D eigenvalue weighted by Gasteiger charge is 2.18. The standard InChI is InChI=1S/C22H16ClN5O2/c1-12(2)28-11-15(9-16(23)22(28)30)19-18(14-5-3-4-13(8-14)10-24)27-21-20(26-19)17(29)6-7-25-21/h3-9,11-12H,1-2H3,(H,25,27,29). The summed E-state index contributed by atoms with van der Waals surface area (Å²) in [5.74, 6) is 0. The second-order valence-electron chi connectivity index (χ2n) is 7.04. The van der Waals surface area contributed by atoms with E-state index < -0.39 is 0 Å². The van der Waals surface area contributed by atoms with Gasteiger partial charge in [0.2, 0.25) is 5.43 Å². The SMILES string of the molecule is CC(C)n1cc(-c2nc3c(=O)cc[nH]c3nc2-c2cccc(C#N)c2)cc(Cl)c1=O. The fourth-order valence-electron chi connectivity index (χ4n) is 3.20. The van der Waals surface area contributed by atoms with Crippen LogP contribution in [0.1, 0.15) is 25.5 Å². The van der Waals surface area contributed by atoms with Crippen LogP contribution in [0.15, 0.2) is 58.4 Å². The number of benzene rings is 1. The number of nitrogens with one attached hydrogen (secondary N) is 1. The van der Waals surface area contributed by atoms with E-state index in [9.17, 15) is 14.9 Å². The molecule has 0 aliphatic heterocycles. The van der Waals surface area contributed by atoms with E-state index in [0.29, 0.717) is 33.7 Å². The predicted molar refractivity (Wildman–Crippen MR) is 115 cm³/mol. The number of halogens is 1. The van der Waals surface area contributed by atoms with Gasteiger partial charge in [-0.1, -0.05) is 23.7 Å². The molecular weight excluding hydrogens is 402 g/mol. The average molecular weight is 418 g/mol. The smallest absolute Gasteiger partial charge is 0.269 e. The van der Waals surface area contributed by atoms with Crippen LogP contribution in [0.2, 0.25) is 5.02 Å². The molecule has 4 aromatic rings. The lowest BCUT2D eigenvalue weighted by Gasteiger charge is -2.15. The molecule has 0 bridgehead atoms. The fraction of sp³-hybridized carbons (Fsp3) is 0.136. The molecule has 148 valence electrons. The molecule has 0 radical (unpaired) electrons. The van der Waals surface area contributed by atoms with Crippen LogP contribution in [0.25, 0.3) is 33.7 Å². The zero-order valence-corrected chi connectivity index (χ0v) is 16.9. The number of aromatic nitrogens is 4. The van der Waals surface area contributed by atoms with Crippen molar-refractivity contribution in [1.29, 1.82) is 5.26 Å². The predicted octanol–water partition coefficient (Wildman–Crippen LogP) is 3.92. The molecule has 1 N–H and O–H groups in total. The van der Waals surface area contributed by atoms with Crippen LogP contribution in [-0.4, -0.2) is 19.5 Å². The average Bonchev–Trinajstić information content (AvgIpc) is 2.75. The van der Waals surface area contributed by atoms with Gasteiger partial charge in [-0.05, 0) is 32.0 Å². The maximum atomic E-state index is 12.4. The van der Waals surface area contributed by atoms with Gasteiger partial charge in [0, 0.05) is 35.6 Å². The van der Waals surface area contributed by atoms with Crippen molar-refractivity contribution in [2.45, 2.75) is 19.9 Å². The fourth-order valence-corrected chi connectivity index (χ4v) is 3.42. The van der Waals surface area contributed by atoms with Crippen LogP contribution in [0.4, 0.5) is 0 Å². The molecule has 0 atom stereocenters. The van der Waals surface area contributed by atoms with Gasteiger partial charge in [0.15, 0.2) is 11.2 Å². The van der Waals surface area contributed by atoms with Crippen molar-refractivity contribution in [2.24, 2.45) is 0 Å². The minimum absolute atomic E-state index is 0.0433. The molecule has 0 aliphatic rings. The lowest BCUT2D eigenvalue weighted by molar-refractivity contribution is 0.579. The number of H-pyrrole nitrogens is 1. The summed E-state index contributed by atoms with van der Waals surface area (Å²) in [7, 11) is 0. The minimum Gasteiger partial charge on any atom is -0.345 e. The number of nitriles is 1. The van der Waals surface area contributed by atoms with Crippen LogP contribution >= 0.6 is 11.6 Å². The Morgan fingerprint density at radius 2 is 1.87 bits per heavy atom. The number of rotatable bonds is 3. The summed E-state index contributed by atoms with van der Waals surface area (Å²) in [5, 5.41) is 9.32. The first-order chi connectivity index (χ1) is 14.4. The molecule has 30 heavy (non-hydrogen) atoms. The van der Waals surface area contributed by atoms with Crippen molar-refractivity contribution < 1.29 is 0 Å². The first-order valence-electron chi connectivity index (χ1n) is 9.21. The van der Waals surface area contributed by atoms with Gasteiger partial charge < -0.3 is 9.55 Å².